The number of ether oxygens (including phenoxy) is 1. The van der Waals surface area contributed by atoms with Gasteiger partial charge in [0.15, 0.2) is 17.5 Å². The van der Waals surface area contributed by atoms with Gasteiger partial charge in [-0.2, -0.15) is 0 Å². The molecule has 3 aromatic heterocycles. The molecule has 0 aliphatic carbocycles. The number of imidazole rings is 1. The zero-order valence-corrected chi connectivity index (χ0v) is 23.3. The van der Waals surface area contributed by atoms with E-state index in [1.807, 2.05) is 24.6 Å². The Hall–Kier alpha value is -5.13. The number of hydrogen-bond donors (Lipinski definition) is 1. The maximum absolute atomic E-state index is 16.0. The summed E-state index contributed by atoms with van der Waals surface area (Å²) in [4.78, 5) is 32.6. The lowest BCUT2D eigenvalue weighted by molar-refractivity contribution is -0.128. The molecule has 6 rings (SSSR count). The lowest BCUT2D eigenvalue weighted by atomic mass is 10.1. The number of halogens is 2. The molecule has 1 saturated heterocycles. The number of carbonyl (C=O) groups excluding carboxylic acids is 1. The molecule has 42 heavy (non-hydrogen) atoms. The predicted molar refractivity (Wildman–Crippen MR) is 156 cm³/mol. The fraction of sp³-hybridized carbons (Fsp3) is 0.233. The van der Waals surface area contributed by atoms with Gasteiger partial charge in [0.05, 0.1) is 40.1 Å². The maximum Gasteiger partial charge on any atom is 0.246 e. The smallest absolute Gasteiger partial charge is 0.246 e. The van der Waals surface area contributed by atoms with E-state index in [2.05, 4.69) is 31.8 Å². The summed E-state index contributed by atoms with van der Waals surface area (Å²) >= 11 is 0. The van der Waals surface area contributed by atoms with Crippen molar-refractivity contribution in [1.29, 1.82) is 0 Å². The molecule has 1 aliphatic rings. The Morgan fingerprint density at radius 1 is 1.10 bits per heavy atom. The normalized spacial score (nSPS) is 15.3. The minimum absolute atomic E-state index is 0.0841. The van der Waals surface area contributed by atoms with Crippen LogP contribution in [0.15, 0.2) is 61.8 Å². The summed E-state index contributed by atoms with van der Waals surface area (Å²) in [5.41, 5.74) is 2.35. The summed E-state index contributed by atoms with van der Waals surface area (Å²) in [6, 6.07) is 8.46. The van der Waals surface area contributed by atoms with Crippen molar-refractivity contribution in [3.05, 3.63) is 79.0 Å². The van der Waals surface area contributed by atoms with Crippen LogP contribution >= 0.6 is 0 Å². The van der Waals surface area contributed by atoms with E-state index in [1.54, 1.807) is 41.2 Å². The maximum atomic E-state index is 16.0. The first kappa shape index (κ1) is 27.1. The number of piperazine rings is 1. The van der Waals surface area contributed by atoms with Crippen LogP contribution in [0.2, 0.25) is 0 Å². The highest BCUT2D eigenvalue weighted by atomic mass is 19.1. The number of nitrogens with zero attached hydrogens (tertiary/aromatic N) is 7. The van der Waals surface area contributed by atoms with Crippen LogP contribution in [0.1, 0.15) is 12.5 Å². The molecule has 0 saturated carbocycles. The molecule has 0 unspecified atom stereocenters. The zero-order chi connectivity index (χ0) is 29.5. The van der Waals surface area contributed by atoms with Gasteiger partial charge in [-0.25, -0.2) is 28.7 Å². The Labute approximate surface area is 240 Å². The van der Waals surface area contributed by atoms with Crippen LogP contribution in [0.4, 0.5) is 26.1 Å². The highest BCUT2D eigenvalue weighted by Crippen LogP contribution is 2.35. The van der Waals surface area contributed by atoms with Crippen LogP contribution < -0.4 is 15.0 Å². The van der Waals surface area contributed by atoms with Gasteiger partial charge in [-0.1, -0.05) is 6.58 Å². The van der Waals surface area contributed by atoms with E-state index in [4.69, 9.17) is 4.74 Å². The van der Waals surface area contributed by atoms with Gasteiger partial charge in [0, 0.05) is 44.4 Å². The van der Waals surface area contributed by atoms with Gasteiger partial charge in [0.1, 0.15) is 23.6 Å². The fourth-order valence-corrected chi connectivity index (χ4v) is 5.22. The Morgan fingerprint density at radius 2 is 1.93 bits per heavy atom. The van der Waals surface area contributed by atoms with E-state index in [1.165, 1.54) is 24.7 Å². The summed E-state index contributed by atoms with van der Waals surface area (Å²) in [5, 5.41) is 3.02. The van der Waals surface area contributed by atoms with Crippen LogP contribution in [0.3, 0.4) is 0 Å². The van der Waals surface area contributed by atoms with Crippen molar-refractivity contribution in [2.45, 2.75) is 19.9 Å². The fourth-order valence-electron chi connectivity index (χ4n) is 5.22. The summed E-state index contributed by atoms with van der Waals surface area (Å²) in [6.07, 6.45) is 5.72. The number of carbonyl (C=O) groups is 1. The number of benzene rings is 2. The third-order valence-electron chi connectivity index (χ3n) is 7.50. The monoisotopic (exact) mass is 570 g/mol. The molecule has 214 valence electrons. The first-order valence-electron chi connectivity index (χ1n) is 13.4. The van der Waals surface area contributed by atoms with Crippen LogP contribution in [-0.4, -0.2) is 61.0 Å². The van der Waals surface area contributed by atoms with Crippen molar-refractivity contribution < 1.29 is 18.3 Å². The first-order valence-corrected chi connectivity index (χ1v) is 13.4. The van der Waals surface area contributed by atoms with Crippen molar-refractivity contribution >= 4 is 45.2 Å². The molecule has 4 heterocycles. The second kappa shape index (κ2) is 10.7. The number of amides is 1. The number of rotatable bonds is 6. The third-order valence-corrected chi connectivity index (χ3v) is 7.50. The van der Waals surface area contributed by atoms with Gasteiger partial charge in [0.2, 0.25) is 5.91 Å². The van der Waals surface area contributed by atoms with E-state index in [-0.39, 0.29) is 45.7 Å². The highest BCUT2D eigenvalue weighted by molar-refractivity contribution is 5.93. The van der Waals surface area contributed by atoms with Crippen molar-refractivity contribution in [2.24, 2.45) is 7.05 Å². The molecule has 5 aromatic rings. The minimum Gasteiger partial charge on any atom is -0.457 e. The second-order valence-corrected chi connectivity index (χ2v) is 10.2. The van der Waals surface area contributed by atoms with Crippen molar-refractivity contribution in [1.82, 2.24) is 29.4 Å². The van der Waals surface area contributed by atoms with Gasteiger partial charge in [0.25, 0.3) is 0 Å². The lowest BCUT2D eigenvalue weighted by Gasteiger charge is -2.40. The summed E-state index contributed by atoms with van der Waals surface area (Å²) in [7, 11) is 1.90. The van der Waals surface area contributed by atoms with E-state index < -0.39 is 11.6 Å². The zero-order valence-electron chi connectivity index (χ0n) is 23.3. The number of fused-ring (bicyclic) bond motifs is 2. The SMILES string of the molecule is C=CC(=O)N1CCN(c2ncc3ncnc(Nc4ccc(Oc5ccc6c(c5)ncn6C)c(C)c4F)c3c2F)C[C@H]1C. The van der Waals surface area contributed by atoms with E-state index in [9.17, 15) is 4.79 Å². The van der Waals surface area contributed by atoms with E-state index in [0.717, 1.165) is 11.0 Å². The largest absolute Gasteiger partial charge is 0.457 e. The molecule has 12 heteroatoms. The van der Waals surface area contributed by atoms with Crippen LogP contribution in [0, 0.1) is 18.6 Å². The molecule has 1 fully saturated rings. The number of aryl methyl sites for hydroxylation is 1. The molecular formula is C30H28F2N8O2. The number of hydrogen-bond acceptors (Lipinski definition) is 8. The molecule has 0 bridgehead atoms. The number of anilines is 3. The molecule has 1 N–H and O–H groups in total. The molecular weight excluding hydrogens is 542 g/mol. The Kier molecular flexibility index (Phi) is 6.89. The number of pyridine rings is 1. The van der Waals surface area contributed by atoms with E-state index >= 15 is 8.78 Å². The van der Waals surface area contributed by atoms with Gasteiger partial charge >= 0.3 is 0 Å². The second-order valence-electron chi connectivity index (χ2n) is 10.2. The Morgan fingerprint density at radius 3 is 2.71 bits per heavy atom. The third kappa shape index (κ3) is 4.74. The molecule has 1 aliphatic heterocycles. The Balaban J connectivity index is 1.28. The molecule has 1 atom stereocenters. The van der Waals surface area contributed by atoms with Gasteiger partial charge < -0.3 is 24.4 Å². The molecule has 0 radical (unpaired) electrons. The standard InChI is InChI=1S/C30H28F2N8O2/c1-5-25(41)40-11-10-39(14-17(40)2)30-28(32)26-22(13-33-30)34-15-35-29(26)37-20-7-9-24(18(3)27(20)31)42-19-6-8-23-21(12-19)36-16-38(23)4/h5-9,12-13,15-17H,1,10-11,14H2,2-4H3,(H,34,35,37)/t17-/m1/s1. The highest BCUT2D eigenvalue weighted by Gasteiger charge is 2.29. The molecule has 0 spiro atoms. The number of nitrogens with one attached hydrogen (secondary N) is 1. The number of aromatic nitrogens is 5. The lowest BCUT2D eigenvalue weighted by Crippen LogP contribution is -2.54. The van der Waals surface area contributed by atoms with Gasteiger partial charge in [-0.15, -0.1) is 0 Å². The van der Waals surface area contributed by atoms with E-state index in [0.29, 0.717) is 31.1 Å². The summed E-state index contributed by atoms with van der Waals surface area (Å²) in [6.45, 7) is 8.21. The van der Waals surface area contributed by atoms with Crippen molar-refractivity contribution in [3.63, 3.8) is 0 Å². The molecule has 10 nitrogen and oxygen atoms in total. The average Bonchev–Trinajstić information content (AvgIpc) is 3.36. The van der Waals surface area contributed by atoms with Crippen LogP contribution in [0.25, 0.3) is 21.9 Å². The van der Waals surface area contributed by atoms with Gasteiger partial charge in [-0.05, 0) is 44.2 Å². The first-order chi connectivity index (χ1) is 20.2. The van der Waals surface area contributed by atoms with Crippen LogP contribution in [0.5, 0.6) is 11.5 Å². The average molecular weight is 571 g/mol. The summed E-state index contributed by atoms with van der Waals surface area (Å²) < 4.78 is 39.5. The topological polar surface area (TPSA) is 101 Å². The van der Waals surface area contributed by atoms with Gasteiger partial charge in [-0.3, -0.25) is 4.79 Å². The minimum atomic E-state index is -0.631. The molecule has 2 aromatic carbocycles. The Bertz CT molecular complexity index is 1860. The molecule has 1 amide bonds. The summed E-state index contributed by atoms with van der Waals surface area (Å²) in [5.74, 6) is -0.292. The van der Waals surface area contributed by atoms with Crippen molar-refractivity contribution in [2.75, 3.05) is 29.9 Å². The quantitative estimate of drug-likeness (QED) is 0.276. The predicted octanol–water partition coefficient (Wildman–Crippen LogP) is 5.26. The van der Waals surface area contributed by atoms with Crippen LogP contribution in [-0.2, 0) is 11.8 Å². The van der Waals surface area contributed by atoms with Crippen molar-refractivity contribution in [3.8, 4) is 11.5 Å².